The van der Waals surface area contributed by atoms with Gasteiger partial charge in [-0.2, -0.15) is 0 Å². The molecule has 0 aliphatic heterocycles. The zero-order valence-electron chi connectivity index (χ0n) is 8.05. The van der Waals surface area contributed by atoms with Crippen LogP contribution in [-0.2, 0) is 0 Å². The maximum Gasteiger partial charge on any atom is 0.166 e. The summed E-state index contributed by atoms with van der Waals surface area (Å²) in [6.07, 6.45) is 1.74. The van der Waals surface area contributed by atoms with Gasteiger partial charge in [-0.05, 0) is 23.3 Å². The van der Waals surface area contributed by atoms with Gasteiger partial charge in [0.05, 0.1) is 6.20 Å². The van der Waals surface area contributed by atoms with Crippen molar-refractivity contribution in [2.45, 2.75) is 0 Å². The van der Waals surface area contributed by atoms with Crippen LogP contribution in [-0.4, -0.2) is 5.16 Å². The van der Waals surface area contributed by atoms with Gasteiger partial charge in [-0.15, -0.1) is 0 Å². The van der Waals surface area contributed by atoms with Crippen LogP contribution in [0, 0.1) is 0 Å². The zero-order valence-corrected chi connectivity index (χ0v) is 8.05. The molecule has 0 spiro atoms. The summed E-state index contributed by atoms with van der Waals surface area (Å²) in [5, 5.41) is 4.80. The Hall–Kier alpha value is -2.09. The number of nitrogens with zero attached hydrogens (tertiary/aromatic N) is 1. The molecule has 0 saturated carbocycles. The molecule has 2 heteroatoms. The quantitative estimate of drug-likeness (QED) is 0.594. The van der Waals surface area contributed by atoms with E-state index in [4.69, 9.17) is 4.52 Å². The Morgan fingerprint density at radius 3 is 2.60 bits per heavy atom. The van der Waals surface area contributed by atoms with Crippen LogP contribution in [0.15, 0.2) is 59.3 Å². The molecule has 72 valence electrons. The predicted molar refractivity (Wildman–Crippen MR) is 59.4 cm³/mol. The topological polar surface area (TPSA) is 26.0 Å². The number of rotatable bonds is 1. The number of hydrogen-bond donors (Lipinski definition) is 0. The third kappa shape index (κ3) is 1.40. The van der Waals surface area contributed by atoms with Crippen molar-refractivity contribution in [3.8, 4) is 11.1 Å². The summed E-state index contributed by atoms with van der Waals surface area (Å²) in [7, 11) is 0. The van der Waals surface area contributed by atoms with Gasteiger partial charge < -0.3 is 4.52 Å². The summed E-state index contributed by atoms with van der Waals surface area (Å²) in [5.41, 5.74) is 3.22. The first-order valence-electron chi connectivity index (χ1n) is 4.83. The molecule has 3 aromatic rings. The van der Waals surface area contributed by atoms with E-state index in [1.54, 1.807) is 6.20 Å². The van der Waals surface area contributed by atoms with Gasteiger partial charge in [0.15, 0.2) is 5.58 Å². The monoisotopic (exact) mass is 195 g/mol. The van der Waals surface area contributed by atoms with E-state index in [1.807, 2.05) is 30.3 Å². The average Bonchev–Trinajstić information content (AvgIpc) is 2.77. The lowest BCUT2D eigenvalue weighted by molar-refractivity contribution is 0.456. The fourth-order valence-corrected chi connectivity index (χ4v) is 1.68. The molecule has 1 aromatic heterocycles. The third-order valence-corrected chi connectivity index (χ3v) is 2.46. The van der Waals surface area contributed by atoms with Crippen molar-refractivity contribution in [1.82, 2.24) is 5.16 Å². The molecule has 0 N–H and O–H groups in total. The lowest BCUT2D eigenvalue weighted by atomic mass is 10.0. The van der Waals surface area contributed by atoms with Gasteiger partial charge in [0, 0.05) is 5.39 Å². The molecule has 15 heavy (non-hydrogen) atoms. The molecule has 0 saturated heterocycles. The van der Waals surface area contributed by atoms with E-state index < -0.39 is 0 Å². The van der Waals surface area contributed by atoms with Crippen molar-refractivity contribution in [2.24, 2.45) is 0 Å². The Morgan fingerprint density at radius 2 is 1.73 bits per heavy atom. The van der Waals surface area contributed by atoms with Crippen molar-refractivity contribution in [1.29, 1.82) is 0 Å². The second-order valence-electron chi connectivity index (χ2n) is 3.44. The van der Waals surface area contributed by atoms with Crippen molar-refractivity contribution < 1.29 is 4.52 Å². The highest BCUT2D eigenvalue weighted by Crippen LogP contribution is 2.23. The molecule has 0 radical (unpaired) electrons. The van der Waals surface area contributed by atoms with Crippen LogP contribution in [0.4, 0.5) is 0 Å². The first-order chi connectivity index (χ1) is 7.43. The van der Waals surface area contributed by atoms with Crippen LogP contribution in [0.3, 0.4) is 0 Å². The minimum Gasteiger partial charge on any atom is -0.356 e. The highest BCUT2D eigenvalue weighted by molar-refractivity contribution is 5.82. The fourth-order valence-electron chi connectivity index (χ4n) is 1.68. The van der Waals surface area contributed by atoms with E-state index in [1.165, 1.54) is 11.1 Å². The number of benzene rings is 2. The summed E-state index contributed by atoms with van der Waals surface area (Å²) >= 11 is 0. The van der Waals surface area contributed by atoms with Gasteiger partial charge in [-0.25, -0.2) is 0 Å². The van der Waals surface area contributed by atoms with Crippen LogP contribution in [0.2, 0.25) is 0 Å². The van der Waals surface area contributed by atoms with E-state index in [2.05, 4.69) is 23.4 Å². The predicted octanol–water partition coefficient (Wildman–Crippen LogP) is 3.49. The smallest absolute Gasteiger partial charge is 0.166 e. The van der Waals surface area contributed by atoms with Gasteiger partial charge in [0.25, 0.3) is 0 Å². The molecule has 0 amide bonds. The second kappa shape index (κ2) is 3.24. The van der Waals surface area contributed by atoms with Crippen molar-refractivity contribution >= 4 is 11.0 Å². The average molecular weight is 195 g/mol. The van der Waals surface area contributed by atoms with E-state index in [0.717, 1.165) is 11.0 Å². The zero-order chi connectivity index (χ0) is 10.1. The molecule has 0 bridgehead atoms. The summed E-state index contributed by atoms with van der Waals surface area (Å²) in [5.74, 6) is 0. The highest BCUT2D eigenvalue weighted by atomic mass is 16.5. The molecule has 0 unspecified atom stereocenters. The van der Waals surface area contributed by atoms with Gasteiger partial charge >= 0.3 is 0 Å². The summed E-state index contributed by atoms with van der Waals surface area (Å²) in [4.78, 5) is 0. The number of hydrogen-bond acceptors (Lipinski definition) is 2. The Kier molecular flexibility index (Phi) is 1.78. The van der Waals surface area contributed by atoms with Crippen molar-refractivity contribution in [3.05, 3.63) is 54.7 Å². The highest BCUT2D eigenvalue weighted by Gasteiger charge is 2.01. The lowest BCUT2D eigenvalue weighted by Crippen LogP contribution is -1.75. The SMILES string of the molecule is c1ccc(-c2ccc3oncc3c2)cc1. The molecular formula is C13H9NO. The summed E-state index contributed by atoms with van der Waals surface area (Å²) in [6.45, 7) is 0. The summed E-state index contributed by atoms with van der Waals surface area (Å²) < 4.78 is 5.06. The minimum atomic E-state index is 0.828. The van der Waals surface area contributed by atoms with Crippen molar-refractivity contribution in [2.75, 3.05) is 0 Å². The number of aromatic nitrogens is 1. The maximum absolute atomic E-state index is 5.06. The van der Waals surface area contributed by atoms with E-state index in [0.29, 0.717) is 0 Å². The first kappa shape index (κ1) is 8.24. The minimum absolute atomic E-state index is 0.828. The van der Waals surface area contributed by atoms with E-state index >= 15 is 0 Å². The van der Waals surface area contributed by atoms with Gasteiger partial charge in [-0.3, -0.25) is 0 Å². The summed E-state index contributed by atoms with van der Waals surface area (Å²) in [6, 6.07) is 16.3. The Bertz CT molecular complexity index is 584. The van der Waals surface area contributed by atoms with Gasteiger partial charge in [0.1, 0.15) is 0 Å². The van der Waals surface area contributed by atoms with Crippen molar-refractivity contribution in [3.63, 3.8) is 0 Å². The first-order valence-corrected chi connectivity index (χ1v) is 4.83. The molecule has 0 aliphatic carbocycles. The van der Waals surface area contributed by atoms with Crippen LogP contribution in [0.25, 0.3) is 22.1 Å². The fraction of sp³-hybridized carbons (Fsp3) is 0. The van der Waals surface area contributed by atoms with Gasteiger partial charge in [0.2, 0.25) is 0 Å². The second-order valence-corrected chi connectivity index (χ2v) is 3.44. The Morgan fingerprint density at radius 1 is 0.867 bits per heavy atom. The van der Waals surface area contributed by atoms with Crippen LogP contribution < -0.4 is 0 Å². The molecule has 2 nitrogen and oxygen atoms in total. The number of fused-ring (bicyclic) bond motifs is 1. The normalized spacial score (nSPS) is 10.7. The Balaban J connectivity index is 2.19. The molecular weight excluding hydrogens is 186 g/mol. The van der Waals surface area contributed by atoms with E-state index in [9.17, 15) is 0 Å². The molecule has 0 atom stereocenters. The molecule has 0 fully saturated rings. The lowest BCUT2D eigenvalue weighted by Gasteiger charge is -1.99. The van der Waals surface area contributed by atoms with Crippen LogP contribution >= 0.6 is 0 Å². The molecule has 2 aromatic carbocycles. The van der Waals surface area contributed by atoms with E-state index in [-0.39, 0.29) is 0 Å². The van der Waals surface area contributed by atoms with Crippen LogP contribution in [0.1, 0.15) is 0 Å². The molecule has 1 heterocycles. The maximum atomic E-state index is 5.06. The Labute approximate surface area is 87.1 Å². The van der Waals surface area contributed by atoms with Gasteiger partial charge in [-0.1, -0.05) is 41.6 Å². The van der Waals surface area contributed by atoms with Crippen LogP contribution in [0.5, 0.6) is 0 Å². The standard InChI is InChI=1S/C13H9NO/c1-2-4-10(5-3-1)11-6-7-13-12(8-11)9-14-15-13/h1-9H. The largest absolute Gasteiger partial charge is 0.356 e. The third-order valence-electron chi connectivity index (χ3n) is 2.46. The molecule has 0 aliphatic rings. The molecule has 3 rings (SSSR count).